The minimum atomic E-state index is -0.142. The first kappa shape index (κ1) is 10.3. The Morgan fingerprint density at radius 1 is 1.62 bits per heavy atom. The lowest BCUT2D eigenvalue weighted by Gasteiger charge is -2.05. The maximum Gasteiger partial charge on any atom is 0.268 e. The molecule has 0 aliphatic heterocycles. The van der Waals surface area contributed by atoms with Gasteiger partial charge in [-0.1, -0.05) is 5.21 Å². The number of amides is 1. The third-order valence-corrected chi connectivity index (χ3v) is 2.20. The highest BCUT2D eigenvalue weighted by atomic mass is 16.1. The van der Waals surface area contributed by atoms with Crippen LogP contribution in [0.15, 0.2) is 18.3 Å². The van der Waals surface area contributed by atoms with Crippen LogP contribution >= 0.6 is 0 Å². The number of aryl methyl sites for hydroxylation is 1. The lowest BCUT2D eigenvalue weighted by molar-refractivity contribution is 0.0940. The first-order valence-corrected chi connectivity index (χ1v) is 4.97. The fourth-order valence-electron chi connectivity index (χ4n) is 1.40. The van der Waals surface area contributed by atoms with Gasteiger partial charge >= 0.3 is 0 Å². The van der Waals surface area contributed by atoms with Gasteiger partial charge in [0.2, 0.25) is 0 Å². The molecule has 2 aromatic rings. The molecule has 0 saturated carbocycles. The molecule has 0 radical (unpaired) electrons. The molecule has 0 aliphatic carbocycles. The summed E-state index contributed by atoms with van der Waals surface area (Å²) in [4.78, 5) is 11.8. The largest absolute Gasteiger partial charge is 0.344 e. The van der Waals surface area contributed by atoms with E-state index in [9.17, 15) is 4.79 Å². The van der Waals surface area contributed by atoms with Crippen molar-refractivity contribution in [1.29, 1.82) is 0 Å². The summed E-state index contributed by atoms with van der Waals surface area (Å²) in [5.74, 6) is 0.319. The number of rotatable bonds is 4. The predicted molar refractivity (Wildman–Crippen MR) is 55.5 cm³/mol. The van der Waals surface area contributed by atoms with Crippen molar-refractivity contribution < 1.29 is 4.79 Å². The number of carbonyl (C=O) groups excluding carboxylic acids is 1. The molecular weight excluding hydrogens is 208 g/mol. The van der Waals surface area contributed by atoms with Crippen molar-refractivity contribution >= 4 is 5.91 Å². The van der Waals surface area contributed by atoms with Gasteiger partial charge in [0.1, 0.15) is 5.69 Å². The summed E-state index contributed by atoms with van der Waals surface area (Å²) < 4.78 is 1.87. The zero-order valence-electron chi connectivity index (χ0n) is 8.84. The second-order valence-corrected chi connectivity index (χ2v) is 3.19. The van der Waals surface area contributed by atoms with Crippen LogP contribution in [0.2, 0.25) is 0 Å². The second-order valence-electron chi connectivity index (χ2n) is 3.19. The lowest BCUT2D eigenvalue weighted by Crippen LogP contribution is -2.25. The molecule has 0 spiro atoms. The van der Waals surface area contributed by atoms with Gasteiger partial charge in [0.25, 0.3) is 5.91 Å². The number of hydrogen-bond donors (Lipinski definition) is 2. The first-order valence-electron chi connectivity index (χ1n) is 4.97. The number of nitrogens with zero attached hydrogens (tertiary/aromatic N) is 4. The van der Waals surface area contributed by atoms with Crippen LogP contribution < -0.4 is 5.32 Å². The van der Waals surface area contributed by atoms with Crippen molar-refractivity contribution in [2.45, 2.75) is 20.0 Å². The van der Waals surface area contributed by atoms with Crippen LogP contribution in [0.25, 0.3) is 0 Å². The number of tetrazole rings is 1. The Balaban J connectivity index is 1.98. The summed E-state index contributed by atoms with van der Waals surface area (Å²) in [5.41, 5.74) is 0.631. The Morgan fingerprint density at radius 2 is 2.50 bits per heavy atom. The van der Waals surface area contributed by atoms with E-state index in [4.69, 9.17) is 0 Å². The van der Waals surface area contributed by atoms with Gasteiger partial charge < -0.3 is 9.88 Å². The summed E-state index contributed by atoms with van der Waals surface area (Å²) in [6.45, 7) is 3.01. The predicted octanol–water partition coefficient (Wildman–Crippen LogP) is -0.0489. The van der Waals surface area contributed by atoms with E-state index in [0.29, 0.717) is 11.5 Å². The summed E-state index contributed by atoms with van der Waals surface area (Å²) in [6.07, 6.45) is 1.86. The minimum Gasteiger partial charge on any atom is -0.344 e. The van der Waals surface area contributed by atoms with E-state index >= 15 is 0 Å². The van der Waals surface area contributed by atoms with Crippen LogP contribution in [0.3, 0.4) is 0 Å². The Bertz CT molecular complexity index is 460. The van der Waals surface area contributed by atoms with E-state index < -0.39 is 0 Å². The number of nitrogens with one attached hydrogen (secondary N) is 2. The van der Waals surface area contributed by atoms with Crippen molar-refractivity contribution in [3.8, 4) is 0 Å². The van der Waals surface area contributed by atoms with Gasteiger partial charge in [0, 0.05) is 12.7 Å². The molecule has 2 aromatic heterocycles. The molecule has 0 atom stereocenters. The maximum atomic E-state index is 11.8. The van der Waals surface area contributed by atoms with Crippen molar-refractivity contribution in [3.05, 3.63) is 29.8 Å². The van der Waals surface area contributed by atoms with Gasteiger partial charge in [-0.05, 0) is 19.1 Å². The summed E-state index contributed by atoms with van der Waals surface area (Å²) in [5, 5.41) is 15.9. The highest BCUT2D eigenvalue weighted by Crippen LogP contribution is 2.02. The molecular formula is C9H12N6O. The van der Waals surface area contributed by atoms with Gasteiger partial charge in [0.15, 0.2) is 5.82 Å². The van der Waals surface area contributed by atoms with E-state index in [-0.39, 0.29) is 12.5 Å². The molecule has 84 valence electrons. The molecule has 1 amide bonds. The molecule has 0 aromatic carbocycles. The van der Waals surface area contributed by atoms with Gasteiger partial charge in [-0.25, -0.2) is 0 Å². The van der Waals surface area contributed by atoms with E-state index in [1.807, 2.05) is 23.8 Å². The highest BCUT2D eigenvalue weighted by molar-refractivity contribution is 5.92. The Labute approximate surface area is 91.9 Å². The SMILES string of the molecule is CCn1cccc1C(=O)NCc1nn[nH]n1. The summed E-state index contributed by atoms with van der Waals surface area (Å²) in [6, 6.07) is 3.61. The van der Waals surface area contributed by atoms with Gasteiger partial charge in [-0.2, -0.15) is 5.21 Å². The fraction of sp³-hybridized carbons (Fsp3) is 0.333. The molecule has 0 saturated heterocycles. The van der Waals surface area contributed by atoms with E-state index in [1.165, 1.54) is 0 Å². The number of aromatic amines is 1. The zero-order valence-corrected chi connectivity index (χ0v) is 8.84. The summed E-state index contributed by atoms with van der Waals surface area (Å²) >= 11 is 0. The smallest absolute Gasteiger partial charge is 0.268 e. The molecule has 2 heterocycles. The number of hydrogen-bond acceptors (Lipinski definition) is 4. The number of H-pyrrole nitrogens is 1. The Kier molecular flexibility index (Phi) is 2.95. The van der Waals surface area contributed by atoms with E-state index in [2.05, 4.69) is 25.9 Å². The van der Waals surface area contributed by atoms with Gasteiger partial charge in [0.05, 0.1) is 6.54 Å². The first-order chi connectivity index (χ1) is 7.81. The van der Waals surface area contributed by atoms with Crippen molar-refractivity contribution in [3.63, 3.8) is 0 Å². The molecule has 0 bridgehead atoms. The van der Waals surface area contributed by atoms with Crippen molar-refractivity contribution in [2.24, 2.45) is 0 Å². The van der Waals surface area contributed by atoms with Crippen LogP contribution in [0.4, 0.5) is 0 Å². The molecule has 0 unspecified atom stereocenters. The number of carbonyl (C=O) groups is 1. The monoisotopic (exact) mass is 220 g/mol. The van der Waals surface area contributed by atoms with Crippen molar-refractivity contribution in [1.82, 2.24) is 30.5 Å². The normalized spacial score (nSPS) is 10.3. The van der Waals surface area contributed by atoms with Gasteiger partial charge in [-0.3, -0.25) is 4.79 Å². The fourth-order valence-corrected chi connectivity index (χ4v) is 1.40. The van der Waals surface area contributed by atoms with Gasteiger partial charge in [-0.15, -0.1) is 10.2 Å². The molecule has 16 heavy (non-hydrogen) atoms. The van der Waals surface area contributed by atoms with Crippen molar-refractivity contribution in [2.75, 3.05) is 0 Å². The molecule has 2 rings (SSSR count). The molecule has 7 nitrogen and oxygen atoms in total. The van der Waals surface area contributed by atoms with Crippen LogP contribution in [-0.4, -0.2) is 31.1 Å². The Hall–Kier alpha value is -2.18. The van der Waals surface area contributed by atoms with E-state index in [0.717, 1.165) is 6.54 Å². The lowest BCUT2D eigenvalue weighted by atomic mass is 10.4. The highest BCUT2D eigenvalue weighted by Gasteiger charge is 2.10. The average Bonchev–Trinajstić information content (AvgIpc) is 2.96. The van der Waals surface area contributed by atoms with Crippen LogP contribution in [0.5, 0.6) is 0 Å². The molecule has 7 heteroatoms. The van der Waals surface area contributed by atoms with E-state index in [1.54, 1.807) is 6.07 Å². The van der Waals surface area contributed by atoms with Crippen LogP contribution in [0, 0.1) is 0 Å². The molecule has 0 fully saturated rings. The third kappa shape index (κ3) is 2.08. The molecule has 2 N–H and O–H groups in total. The Morgan fingerprint density at radius 3 is 3.19 bits per heavy atom. The summed E-state index contributed by atoms with van der Waals surface area (Å²) in [7, 11) is 0. The topological polar surface area (TPSA) is 88.5 Å². The third-order valence-electron chi connectivity index (χ3n) is 2.20. The molecule has 0 aliphatic rings. The number of aromatic nitrogens is 5. The standard InChI is InChI=1S/C9H12N6O/c1-2-15-5-3-4-7(15)9(16)10-6-8-11-13-14-12-8/h3-5H,2,6H2,1H3,(H,10,16)(H,11,12,13,14). The van der Waals surface area contributed by atoms with Crippen LogP contribution in [0.1, 0.15) is 23.2 Å². The van der Waals surface area contributed by atoms with Crippen LogP contribution in [-0.2, 0) is 13.1 Å². The quantitative estimate of drug-likeness (QED) is 0.756. The minimum absolute atomic E-state index is 0.142. The average molecular weight is 220 g/mol. The zero-order chi connectivity index (χ0) is 11.4. The second kappa shape index (κ2) is 4.56. The maximum absolute atomic E-state index is 11.8.